The molecule has 5 heteroatoms. The Bertz CT molecular complexity index is 378. The predicted octanol–water partition coefficient (Wildman–Crippen LogP) is 1.87. The number of nitrogens with one attached hydrogen (secondary N) is 1. The van der Waals surface area contributed by atoms with Gasteiger partial charge in [0, 0.05) is 19.5 Å². The second-order valence-electron chi connectivity index (χ2n) is 6.67. The molecule has 0 aromatic rings. The molecule has 1 atom stereocenters. The lowest BCUT2D eigenvalue weighted by Crippen LogP contribution is -2.40. The van der Waals surface area contributed by atoms with Crippen LogP contribution in [0.15, 0.2) is 0 Å². The van der Waals surface area contributed by atoms with Crippen molar-refractivity contribution in [1.29, 1.82) is 0 Å². The molecule has 1 saturated heterocycles. The lowest BCUT2D eigenvalue weighted by atomic mass is 9.71. The molecule has 1 aliphatic heterocycles. The van der Waals surface area contributed by atoms with Crippen LogP contribution < -0.4 is 5.32 Å². The summed E-state index contributed by atoms with van der Waals surface area (Å²) in [7, 11) is 0. The second kappa shape index (κ2) is 7.25. The van der Waals surface area contributed by atoms with Gasteiger partial charge >= 0.3 is 5.97 Å². The minimum Gasteiger partial charge on any atom is -0.481 e. The van der Waals surface area contributed by atoms with Crippen molar-refractivity contribution < 1.29 is 14.7 Å². The van der Waals surface area contributed by atoms with E-state index < -0.39 is 11.4 Å². The second-order valence-corrected chi connectivity index (χ2v) is 6.67. The first-order chi connectivity index (χ1) is 10.1. The molecular formula is C16H28N2O3. The Labute approximate surface area is 127 Å². The number of aliphatic carboxylic acids is 1. The van der Waals surface area contributed by atoms with Crippen LogP contribution in [0.5, 0.6) is 0 Å². The number of nitrogens with zero attached hydrogens (tertiary/aromatic N) is 1. The fourth-order valence-corrected chi connectivity index (χ4v) is 3.69. The highest BCUT2D eigenvalue weighted by molar-refractivity contribution is 5.85. The lowest BCUT2D eigenvalue weighted by Gasteiger charge is -2.32. The summed E-state index contributed by atoms with van der Waals surface area (Å²) < 4.78 is 0. The third kappa shape index (κ3) is 4.19. The van der Waals surface area contributed by atoms with Gasteiger partial charge in [0.1, 0.15) is 0 Å². The van der Waals surface area contributed by atoms with Gasteiger partial charge in [-0.2, -0.15) is 0 Å². The predicted molar refractivity (Wildman–Crippen MR) is 81.0 cm³/mol. The summed E-state index contributed by atoms with van der Waals surface area (Å²) in [5, 5.41) is 12.5. The Kier molecular flexibility index (Phi) is 5.62. The van der Waals surface area contributed by atoms with Gasteiger partial charge in [0.15, 0.2) is 0 Å². The number of carbonyl (C=O) groups excluding carboxylic acids is 1. The molecule has 0 aromatic carbocycles. The van der Waals surface area contributed by atoms with Gasteiger partial charge in [-0.15, -0.1) is 0 Å². The number of carboxylic acids is 1. The van der Waals surface area contributed by atoms with E-state index in [-0.39, 0.29) is 12.3 Å². The third-order valence-electron chi connectivity index (χ3n) is 5.17. The summed E-state index contributed by atoms with van der Waals surface area (Å²) in [5.41, 5.74) is -0.812. The Morgan fingerprint density at radius 1 is 1.29 bits per heavy atom. The monoisotopic (exact) mass is 296 g/mol. The van der Waals surface area contributed by atoms with Crippen molar-refractivity contribution in [1.82, 2.24) is 10.2 Å². The lowest BCUT2D eigenvalue weighted by molar-refractivity contribution is -0.154. The SMILES string of the molecule is CCN1CCC(CNC(=O)CC2(C(=O)O)CCCCC2)C1. The van der Waals surface area contributed by atoms with Crippen molar-refractivity contribution in [3.8, 4) is 0 Å². The van der Waals surface area contributed by atoms with E-state index in [9.17, 15) is 14.7 Å². The van der Waals surface area contributed by atoms with Gasteiger partial charge in [-0.1, -0.05) is 26.2 Å². The Balaban J connectivity index is 1.79. The zero-order valence-electron chi connectivity index (χ0n) is 13.1. The quantitative estimate of drug-likeness (QED) is 0.785. The molecule has 1 aliphatic carbocycles. The van der Waals surface area contributed by atoms with Crippen molar-refractivity contribution in [2.75, 3.05) is 26.2 Å². The number of likely N-dealkylation sites (tertiary alicyclic amines) is 1. The Hall–Kier alpha value is -1.10. The summed E-state index contributed by atoms with van der Waals surface area (Å²) in [6.07, 6.45) is 5.49. The smallest absolute Gasteiger partial charge is 0.310 e. The van der Waals surface area contributed by atoms with Crippen LogP contribution in [0.2, 0.25) is 0 Å². The molecule has 1 amide bonds. The minimum absolute atomic E-state index is 0.0887. The van der Waals surface area contributed by atoms with Gasteiger partial charge in [0.2, 0.25) is 5.91 Å². The van der Waals surface area contributed by atoms with Gasteiger partial charge in [-0.05, 0) is 38.3 Å². The number of carboxylic acid groups (broad SMARTS) is 1. The van der Waals surface area contributed by atoms with Crippen LogP contribution in [0.4, 0.5) is 0 Å². The fourth-order valence-electron chi connectivity index (χ4n) is 3.69. The standard InChI is InChI=1S/C16H28N2O3/c1-2-18-9-6-13(12-18)11-17-14(19)10-16(15(20)21)7-4-3-5-8-16/h13H,2-12H2,1H3,(H,17,19)(H,20,21). The summed E-state index contributed by atoms with van der Waals surface area (Å²) in [6.45, 7) is 6.05. The van der Waals surface area contributed by atoms with Crippen LogP contribution in [0, 0.1) is 11.3 Å². The molecule has 120 valence electrons. The van der Waals surface area contributed by atoms with Crippen molar-refractivity contribution in [2.45, 2.75) is 51.9 Å². The molecular weight excluding hydrogens is 268 g/mol. The number of carbonyl (C=O) groups is 2. The van der Waals surface area contributed by atoms with Gasteiger partial charge in [-0.25, -0.2) is 0 Å². The van der Waals surface area contributed by atoms with E-state index in [1.807, 2.05) is 0 Å². The summed E-state index contributed by atoms with van der Waals surface area (Å²) in [4.78, 5) is 26.1. The fraction of sp³-hybridized carbons (Fsp3) is 0.875. The molecule has 21 heavy (non-hydrogen) atoms. The van der Waals surface area contributed by atoms with E-state index >= 15 is 0 Å². The first-order valence-corrected chi connectivity index (χ1v) is 8.28. The minimum atomic E-state index is -0.812. The summed E-state index contributed by atoms with van der Waals surface area (Å²) in [5.74, 6) is -0.370. The van der Waals surface area contributed by atoms with Crippen LogP contribution in [0.25, 0.3) is 0 Å². The molecule has 5 nitrogen and oxygen atoms in total. The van der Waals surface area contributed by atoms with Crippen LogP contribution in [0.3, 0.4) is 0 Å². The molecule has 0 bridgehead atoms. The van der Waals surface area contributed by atoms with E-state index in [0.717, 1.165) is 45.3 Å². The highest BCUT2D eigenvalue weighted by atomic mass is 16.4. The molecule has 1 unspecified atom stereocenters. The molecule has 0 aromatic heterocycles. The largest absolute Gasteiger partial charge is 0.481 e. The number of hydrogen-bond donors (Lipinski definition) is 2. The van der Waals surface area contributed by atoms with E-state index in [4.69, 9.17) is 0 Å². The van der Waals surface area contributed by atoms with Gasteiger partial charge in [0.05, 0.1) is 5.41 Å². The van der Waals surface area contributed by atoms with Crippen LogP contribution in [-0.4, -0.2) is 48.1 Å². The highest BCUT2D eigenvalue weighted by Gasteiger charge is 2.41. The van der Waals surface area contributed by atoms with Crippen LogP contribution >= 0.6 is 0 Å². The van der Waals surface area contributed by atoms with E-state index in [2.05, 4.69) is 17.1 Å². The maximum Gasteiger partial charge on any atom is 0.310 e. The van der Waals surface area contributed by atoms with Crippen molar-refractivity contribution in [3.63, 3.8) is 0 Å². The number of amides is 1. The first kappa shape index (κ1) is 16.3. The summed E-state index contributed by atoms with van der Waals surface area (Å²) >= 11 is 0. The topological polar surface area (TPSA) is 69.6 Å². The Morgan fingerprint density at radius 3 is 2.57 bits per heavy atom. The average Bonchev–Trinajstić information content (AvgIpc) is 2.94. The normalized spacial score (nSPS) is 25.7. The van der Waals surface area contributed by atoms with Crippen molar-refractivity contribution >= 4 is 11.9 Å². The zero-order valence-corrected chi connectivity index (χ0v) is 13.1. The average molecular weight is 296 g/mol. The van der Waals surface area contributed by atoms with Gasteiger partial charge in [0.25, 0.3) is 0 Å². The van der Waals surface area contributed by atoms with Crippen LogP contribution in [0.1, 0.15) is 51.9 Å². The maximum absolute atomic E-state index is 12.1. The van der Waals surface area contributed by atoms with Gasteiger partial charge < -0.3 is 15.3 Å². The maximum atomic E-state index is 12.1. The van der Waals surface area contributed by atoms with E-state index in [1.165, 1.54) is 0 Å². The Morgan fingerprint density at radius 2 is 2.00 bits per heavy atom. The van der Waals surface area contributed by atoms with Crippen LogP contribution in [-0.2, 0) is 9.59 Å². The molecule has 0 spiro atoms. The number of rotatable bonds is 6. The molecule has 2 rings (SSSR count). The van der Waals surface area contributed by atoms with Gasteiger partial charge in [-0.3, -0.25) is 9.59 Å². The highest BCUT2D eigenvalue weighted by Crippen LogP contribution is 2.39. The van der Waals surface area contributed by atoms with Crippen molar-refractivity contribution in [3.05, 3.63) is 0 Å². The molecule has 0 radical (unpaired) electrons. The zero-order chi connectivity index (χ0) is 15.3. The van der Waals surface area contributed by atoms with E-state index in [1.54, 1.807) is 0 Å². The third-order valence-corrected chi connectivity index (χ3v) is 5.17. The van der Waals surface area contributed by atoms with E-state index in [0.29, 0.717) is 25.3 Å². The summed E-state index contributed by atoms with van der Waals surface area (Å²) in [6, 6.07) is 0. The molecule has 1 saturated carbocycles. The molecule has 2 fully saturated rings. The molecule has 2 N–H and O–H groups in total. The number of hydrogen-bond acceptors (Lipinski definition) is 3. The first-order valence-electron chi connectivity index (χ1n) is 8.28. The van der Waals surface area contributed by atoms with Crippen molar-refractivity contribution in [2.24, 2.45) is 11.3 Å². The molecule has 1 heterocycles. The molecule has 2 aliphatic rings.